The normalized spacial score (nSPS) is 12.9. The minimum Gasteiger partial charge on any atom is -0.323 e. The Morgan fingerprint density at radius 2 is 2.00 bits per heavy atom. The summed E-state index contributed by atoms with van der Waals surface area (Å²) < 4.78 is 40.8. The topological polar surface area (TPSA) is 97.1 Å². The molecule has 0 fully saturated rings. The number of nitrogens with zero attached hydrogens (tertiary/aromatic N) is 1. The van der Waals surface area contributed by atoms with Gasteiger partial charge in [-0.05, 0) is 19.1 Å². The molecule has 1 atom stereocenters. The summed E-state index contributed by atoms with van der Waals surface area (Å²) in [6, 6.07) is 6.67. The summed E-state index contributed by atoms with van der Waals surface area (Å²) in [7, 11) is -3.89. The Balaban J connectivity index is 2.32. The van der Waals surface area contributed by atoms with Crippen molar-refractivity contribution in [2.45, 2.75) is 17.9 Å². The van der Waals surface area contributed by atoms with Crippen molar-refractivity contribution >= 4 is 15.7 Å². The zero-order valence-electron chi connectivity index (χ0n) is 11.2. The Bertz CT molecular complexity index is 736. The van der Waals surface area contributed by atoms with Gasteiger partial charge in [0.2, 0.25) is 10.0 Å². The molecule has 0 aliphatic carbocycles. The number of anilines is 1. The van der Waals surface area contributed by atoms with E-state index in [-0.39, 0.29) is 16.1 Å². The highest BCUT2D eigenvalue weighted by Gasteiger charge is 2.22. The van der Waals surface area contributed by atoms with Gasteiger partial charge in [-0.2, -0.15) is 0 Å². The lowest BCUT2D eigenvalue weighted by atomic mass is 10.1. The average molecular weight is 310 g/mol. The highest BCUT2D eigenvalue weighted by atomic mass is 32.2. The molecule has 0 saturated carbocycles. The monoisotopic (exact) mass is 310 g/mol. The molecule has 0 aliphatic rings. The van der Waals surface area contributed by atoms with Crippen LogP contribution in [0.1, 0.15) is 18.5 Å². The fourth-order valence-corrected chi connectivity index (χ4v) is 3.23. The molecular weight excluding hydrogens is 295 g/mol. The fraction of sp³-hybridized carbons (Fsp3) is 0.154. The van der Waals surface area contributed by atoms with Crippen LogP contribution in [0.5, 0.6) is 0 Å². The van der Waals surface area contributed by atoms with Crippen LogP contribution >= 0.6 is 0 Å². The molecule has 6 nitrogen and oxygen atoms in total. The van der Waals surface area contributed by atoms with Gasteiger partial charge in [0.15, 0.2) is 0 Å². The zero-order chi connectivity index (χ0) is 15.5. The number of hydrogen-bond donors (Lipinski definition) is 3. The van der Waals surface area contributed by atoms with Gasteiger partial charge in [0, 0.05) is 24.0 Å². The van der Waals surface area contributed by atoms with Gasteiger partial charge < -0.3 is 5.43 Å². The van der Waals surface area contributed by atoms with Gasteiger partial charge in [-0.15, -0.1) is 0 Å². The molecule has 1 aromatic carbocycles. The van der Waals surface area contributed by atoms with Crippen LogP contribution in [0.2, 0.25) is 0 Å². The van der Waals surface area contributed by atoms with Crippen molar-refractivity contribution in [2.75, 3.05) is 5.43 Å². The van der Waals surface area contributed by atoms with E-state index in [4.69, 9.17) is 5.84 Å². The van der Waals surface area contributed by atoms with Gasteiger partial charge in [0.25, 0.3) is 0 Å². The summed E-state index contributed by atoms with van der Waals surface area (Å²) in [6.07, 6.45) is 2.58. The molecule has 112 valence electrons. The lowest BCUT2D eigenvalue weighted by molar-refractivity contribution is 0.550. The maximum absolute atomic E-state index is 13.7. The van der Waals surface area contributed by atoms with Crippen LogP contribution in [0.25, 0.3) is 0 Å². The van der Waals surface area contributed by atoms with E-state index in [0.29, 0.717) is 0 Å². The minimum absolute atomic E-state index is 0.101. The number of aromatic nitrogens is 1. The Kier molecular flexibility index (Phi) is 4.51. The Morgan fingerprint density at radius 1 is 1.29 bits per heavy atom. The molecule has 0 saturated heterocycles. The number of halogens is 1. The van der Waals surface area contributed by atoms with Crippen molar-refractivity contribution in [3.63, 3.8) is 0 Å². The summed E-state index contributed by atoms with van der Waals surface area (Å²) >= 11 is 0. The number of benzene rings is 1. The maximum Gasteiger partial charge on any atom is 0.244 e. The van der Waals surface area contributed by atoms with E-state index in [9.17, 15) is 12.8 Å². The van der Waals surface area contributed by atoms with Crippen LogP contribution in [0.3, 0.4) is 0 Å². The first-order valence-corrected chi connectivity index (χ1v) is 7.61. The van der Waals surface area contributed by atoms with Crippen LogP contribution in [-0.2, 0) is 10.0 Å². The molecule has 0 amide bonds. The third-order valence-electron chi connectivity index (χ3n) is 2.93. The standard InChI is InChI=1S/C13H15FN4O2S/c1-9(10-4-2-3-5-11(10)14)18-21(19,20)13-8-16-7-6-12(13)17-15/h2-9,18H,15H2,1H3,(H,16,17). The van der Waals surface area contributed by atoms with Crippen LogP contribution in [0, 0.1) is 5.82 Å². The lowest BCUT2D eigenvalue weighted by Crippen LogP contribution is -2.28. The van der Waals surface area contributed by atoms with Crippen LogP contribution < -0.4 is 16.0 Å². The molecule has 2 rings (SSSR count). The molecule has 21 heavy (non-hydrogen) atoms. The number of nitrogens with two attached hydrogens (primary N) is 1. The van der Waals surface area contributed by atoms with Gasteiger partial charge in [-0.25, -0.2) is 17.5 Å². The van der Waals surface area contributed by atoms with Crippen LogP contribution in [0.15, 0.2) is 47.6 Å². The second kappa shape index (κ2) is 6.17. The smallest absolute Gasteiger partial charge is 0.244 e. The number of sulfonamides is 1. The van der Waals surface area contributed by atoms with Crippen LogP contribution in [-0.4, -0.2) is 13.4 Å². The molecule has 1 aromatic heterocycles. The SMILES string of the molecule is CC(NS(=O)(=O)c1cnccc1NN)c1ccccc1F. The van der Waals surface area contributed by atoms with Crippen molar-refractivity contribution in [2.24, 2.45) is 5.84 Å². The second-order valence-electron chi connectivity index (χ2n) is 4.38. The van der Waals surface area contributed by atoms with Crippen molar-refractivity contribution < 1.29 is 12.8 Å². The number of nitrogens with one attached hydrogen (secondary N) is 2. The first kappa shape index (κ1) is 15.4. The van der Waals surface area contributed by atoms with E-state index >= 15 is 0 Å². The van der Waals surface area contributed by atoms with Gasteiger partial charge in [0.1, 0.15) is 10.7 Å². The van der Waals surface area contributed by atoms with Gasteiger partial charge in [0.05, 0.1) is 5.69 Å². The molecule has 2 aromatic rings. The molecule has 0 bridgehead atoms. The first-order chi connectivity index (χ1) is 9.95. The molecule has 0 radical (unpaired) electrons. The van der Waals surface area contributed by atoms with Crippen molar-refractivity contribution in [3.05, 3.63) is 54.1 Å². The van der Waals surface area contributed by atoms with Gasteiger partial charge in [-0.1, -0.05) is 18.2 Å². The Hall–Kier alpha value is -2.03. The molecule has 1 heterocycles. The second-order valence-corrected chi connectivity index (χ2v) is 6.06. The number of hydrogen-bond acceptors (Lipinski definition) is 5. The highest BCUT2D eigenvalue weighted by molar-refractivity contribution is 7.89. The molecule has 0 spiro atoms. The number of hydrazine groups is 1. The average Bonchev–Trinajstić information content (AvgIpc) is 2.47. The zero-order valence-corrected chi connectivity index (χ0v) is 12.1. The van der Waals surface area contributed by atoms with E-state index < -0.39 is 21.9 Å². The Morgan fingerprint density at radius 3 is 2.67 bits per heavy atom. The first-order valence-electron chi connectivity index (χ1n) is 6.13. The predicted molar refractivity (Wildman–Crippen MR) is 77.2 cm³/mol. The number of rotatable bonds is 5. The van der Waals surface area contributed by atoms with E-state index in [1.807, 2.05) is 0 Å². The summed E-state index contributed by atoms with van der Waals surface area (Å²) in [6.45, 7) is 1.56. The molecule has 4 N–H and O–H groups in total. The summed E-state index contributed by atoms with van der Waals surface area (Å²) in [5.74, 6) is 4.81. The lowest BCUT2D eigenvalue weighted by Gasteiger charge is -2.16. The number of nitrogen functional groups attached to an aromatic ring is 1. The van der Waals surface area contributed by atoms with E-state index in [0.717, 1.165) is 0 Å². The summed E-state index contributed by atoms with van der Waals surface area (Å²) in [4.78, 5) is 3.67. The van der Waals surface area contributed by atoms with E-state index in [1.165, 1.54) is 36.7 Å². The summed E-state index contributed by atoms with van der Waals surface area (Å²) in [5, 5.41) is 0. The molecule has 8 heteroatoms. The predicted octanol–water partition coefficient (Wildman–Crippen LogP) is 1.55. The van der Waals surface area contributed by atoms with Crippen molar-refractivity contribution in [1.82, 2.24) is 9.71 Å². The van der Waals surface area contributed by atoms with Crippen LogP contribution in [0.4, 0.5) is 10.1 Å². The van der Waals surface area contributed by atoms with E-state index in [1.54, 1.807) is 13.0 Å². The maximum atomic E-state index is 13.7. The molecule has 0 aliphatic heterocycles. The minimum atomic E-state index is -3.89. The van der Waals surface area contributed by atoms with Gasteiger partial charge in [-0.3, -0.25) is 10.8 Å². The quantitative estimate of drug-likeness (QED) is 0.575. The Labute approximate surface area is 122 Å². The van der Waals surface area contributed by atoms with Crippen molar-refractivity contribution in [3.8, 4) is 0 Å². The highest BCUT2D eigenvalue weighted by Crippen LogP contribution is 2.22. The van der Waals surface area contributed by atoms with Gasteiger partial charge >= 0.3 is 0 Å². The molecule has 1 unspecified atom stereocenters. The third kappa shape index (κ3) is 3.35. The third-order valence-corrected chi connectivity index (χ3v) is 4.50. The van der Waals surface area contributed by atoms with E-state index in [2.05, 4.69) is 15.1 Å². The van der Waals surface area contributed by atoms with Crippen molar-refractivity contribution in [1.29, 1.82) is 0 Å². The number of pyridine rings is 1. The molecular formula is C13H15FN4O2S. The summed E-state index contributed by atoms with van der Waals surface area (Å²) in [5.41, 5.74) is 2.76. The largest absolute Gasteiger partial charge is 0.323 e. The fourth-order valence-electron chi connectivity index (χ4n) is 1.90.